The maximum absolute atomic E-state index is 13.8. The molecule has 0 aliphatic carbocycles. The van der Waals surface area contributed by atoms with E-state index in [-0.39, 0.29) is 11.7 Å². The monoisotopic (exact) mass is 311 g/mol. The van der Waals surface area contributed by atoms with Crippen LogP contribution >= 0.6 is 0 Å². The van der Waals surface area contributed by atoms with Crippen LogP contribution in [0.4, 0.5) is 4.39 Å². The van der Waals surface area contributed by atoms with Crippen LogP contribution in [-0.4, -0.2) is 39.4 Å². The van der Waals surface area contributed by atoms with Crippen molar-refractivity contribution in [2.45, 2.75) is 32.1 Å². The number of rotatable bonds is 10. The molecule has 1 rings (SSSR count). The van der Waals surface area contributed by atoms with Crippen molar-refractivity contribution >= 4 is 5.91 Å². The number of nitrogens with one attached hydrogen (secondary N) is 1. The fraction of sp³-hybridized carbons (Fsp3) is 0.588. The third-order valence-corrected chi connectivity index (χ3v) is 3.45. The predicted octanol–water partition coefficient (Wildman–Crippen LogP) is 2.66. The fourth-order valence-electron chi connectivity index (χ4n) is 2.09. The van der Waals surface area contributed by atoms with Crippen LogP contribution in [0.15, 0.2) is 24.3 Å². The van der Waals surface area contributed by atoms with Gasteiger partial charge in [0.15, 0.2) is 0 Å². The largest absolute Gasteiger partial charge is 0.382 e. The van der Waals surface area contributed by atoms with Crippen LogP contribution in [0, 0.1) is 5.82 Å². The molecule has 0 saturated heterocycles. The molecule has 0 fully saturated rings. The molecule has 4 nitrogen and oxygen atoms in total. The Morgan fingerprint density at radius 3 is 2.64 bits per heavy atom. The van der Waals surface area contributed by atoms with E-state index in [1.165, 1.54) is 6.07 Å². The number of benzene rings is 1. The smallest absolute Gasteiger partial charge is 0.220 e. The van der Waals surface area contributed by atoms with Crippen LogP contribution in [0.5, 0.6) is 0 Å². The molecule has 124 valence electrons. The van der Waals surface area contributed by atoms with Crippen molar-refractivity contribution in [2.75, 3.05) is 33.5 Å². The SMILES string of the molecule is COCCOCCCC(=O)NCC(C)(C)c1ccccc1F. The first-order valence-corrected chi connectivity index (χ1v) is 7.56. The number of hydrogen-bond donors (Lipinski definition) is 1. The highest BCUT2D eigenvalue weighted by Crippen LogP contribution is 2.24. The van der Waals surface area contributed by atoms with Crippen molar-refractivity contribution in [3.63, 3.8) is 0 Å². The lowest BCUT2D eigenvalue weighted by Gasteiger charge is -2.26. The van der Waals surface area contributed by atoms with E-state index in [9.17, 15) is 9.18 Å². The molecule has 0 saturated carbocycles. The van der Waals surface area contributed by atoms with Crippen LogP contribution in [0.3, 0.4) is 0 Å². The molecule has 0 aliphatic rings. The quantitative estimate of drug-likeness (QED) is 0.676. The highest BCUT2D eigenvalue weighted by Gasteiger charge is 2.24. The Hall–Kier alpha value is -1.46. The van der Waals surface area contributed by atoms with Crippen molar-refractivity contribution in [2.24, 2.45) is 0 Å². The average Bonchev–Trinajstić information content (AvgIpc) is 2.49. The summed E-state index contributed by atoms with van der Waals surface area (Å²) in [6.45, 7) is 5.87. The zero-order valence-electron chi connectivity index (χ0n) is 13.7. The van der Waals surface area contributed by atoms with Gasteiger partial charge in [-0.25, -0.2) is 4.39 Å². The van der Waals surface area contributed by atoms with E-state index in [4.69, 9.17) is 9.47 Å². The van der Waals surface area contributed by atoms with Gasteiger partial charge in [-0.15, -0.1) is 0 Å². The molecule has 0 spiro atoms. The first-order valence-electron chi connectivity index (χ1n) is 7.56. The Bertz CT molecular complexity index is 463. The minimum absolute atomic E-state index is 0.0419. The van der Waals surface area contributed by atoms with Gasteiger partial charge in [0.25, 0.3) is 0 Å². The lowest BCUT2D eigenvalue weighted by molar-refractivity contribution is -0.121. The molecule has 0 atom stereocenters. The van der Waals surface area contributed by atoms with Gasteiger partial charge in [-0.2, -0.15) is 0 Å². The van der Waals surface area contributed by atoms with E-state index in [0.717, 1.165) is 0 Å². The number of carbonyl (C=O) groups is 1. The number of halogens is 1. The Balaban J connectivity index is 2.30. The summed E-state index contributed by atoms with van der Waals surface area (Å²) in [5.41, 5.74) is 0.161. The number of amides is 1. The third kappa shape index (κ3) is 6.54. The van der Waals surface area contributed by atoms with Gasteiger partial charge >= 0.3 is 0 Å². The summed E-state index contributed by atoms with van der Waals surface area (Å²) < 4.78 is 24.0. The summed E-state index contributed by atoms with van der Waals surface area (Å²) in [5, 5.41) is 2.86. The van der Waals surface area contributed by atoms with Crippen molar-refractivity contribution in [3.8, 4) is 0 Å². The third-order valence-electron chi connectivity index (χ3n) is 3.45. The van der Waals surface area contributed by atoms with Crippen LogP contribution in [-0.2, 0) is 19.7 Å². The molecule has 1 aromatic carbocycles. The van der Waals surface area contributed by atoms with Crippen molar-refractivity contribution < 1.29 is 18.7 Å². The summed E-state index contributed by atoms with van der Waals surface area (Å²) in [6.07, 6.45) is 1.07. The molecule has 22 heavy (non-hydrogen) atoms. The first-order chi connectivity index (χ1) is 10.5. The minimum Gasteiger partial charge on any atom is -0.382 e. The van der Waals surface area contributed by atoms with Gasteiger partial charge in [-0.3, -0.25) is 4.79 Å². The van der Waals surface area contributed by atoms with Gasteiger partial charge in [0.2, 0.25) is 5.91 Å². The minimum atomic E-state index is -0.448. The average molecular weight is 311 g/mol. The lowest BCUT2D eigenvalue weighted by atomic mass is 9.84. The number of methoxy groups -OCH3 is 1. The molecule has 0 bridgehead atoms. The summed E-state index contributed by atoms with van der Waals surface area (Å²) in [4.78, 5) is 11.8. The van der Waals surface area contributed by atoms with Crippen molar-refractivity contribution in [3.05, 3.63) is 35.6 Å². The van der Waals surface area contributed by atoms with Crippen LogP contribution in [0.1, 0.15) is 32.3 Å². The Morgan fingerprint density at radius 2 is 1.95 bits per heavy atom. The number of ether oxygens (including phenoxy) is 2. The molecule has 1 amide bonds. The van der Waals surface area contributed by atoms with Crippen LogP contribution < -0.4 is 5.32 Å². The summed E-state index contributed by atoms with van der Waals surface area (Å²) in [6, 6.07) is 6.66. The van der Waals surface area contributed by atoms with E-state index in [0.29, 0.717) is 44.8 Å². The van der Waals surface area contributed by atoms with E-state index < -0.39 is 5.41 Å². The molecule has 0 radical (unpaired) electrons. The first kappa shape index (κ1) is 18.6. The Kier molecular flexibility index (Phi) is 8.06. The van der Waals surface area contributed by atoms with Gasteiger partial charge in [0, 0.05) is 32.1 Å². The van der Waals surface area contributed by atoms with E-state index >= 15 is 0 Å². The number of carbonyl (C=O) groups excluding carboxylic acids is 1. The fourth-order valence-corrected chi connectivity index (χ4v) is 2.09. The van der Waals surface area contributed by atoms with E-state index in [2.05, 4.69) is 5.32 Å². The van der Waals surface area contributed by atoms with Gasteiger partial charge in [-0.1, -0.05) is 32.0 Å². The zero-order chi connectivity index (χ0) is 16.4. The predicted molar refractivity (Wildman–Crippen MR) is 84.4 cm³/mol. The lowest BCUT2D eigenvalue weighted by Crippen LogP contribution is -2.37. The van der Waals surface area contributed by atoms with Gasteiger partial charge in [-0.05, 0) is 18.1 Å². The normalized spacial score (nSPS) is 11.5. The van der Waals surface area contributed by atoms with Crippen molar-refractivity contribution in [1.82, 2.24) is 5.32 Å². The maximum Gasteiger partial charge on any atom is 0.220 e. The molecular weight excluding hydrogens is 285 g/mol. The highest BCUT2D eigenvalue weighted by molar-refractivity contribution is 5.75. The van der Waals surface area contributed by atoms with Gasteiger partial charge in [0.05, 0.1) is 13.2 Å². The van der Waals surface area contributed by atoms with E-state index in [1.807, 2.05) is 13.8 Å². The maximum atomic E-state index is 13.8. The molecule has 0 unspecified atom stereocenters. The van der Waals surface area contributed by atoms with Crippen molar-refractivity contribution in [1.29, 1.82) is 0 Å². The van der Waals surface area contributed by atoms with E-state index in [1.54, 1.807) is 25.3 Å². The topological polar surface area (TPSA) is 47.6 Å². The summed E-state index contributed by atoms with van der Waals surface area (Å²) in [7, 11) is 1.62. The highest BCUT2D eigenvalue weighted by atomic mass is 19.1. The van der Waals surface area contributed by atoms with Gasteiger partial charge < -0.3 is 14.8 Å². The molecular formula is C17H26FNO3. The van der Waals surface area contributed by atoms with Gasteiger partial charge in [0.1, 0.15) is 5.82 Å². The Labute approximate surface area is 132 Å². The standard InChI is InChI=1S/C17H26FNO3/c1-17(2,14-7-4-5-8-15(14)18)13-19-16(20)9-6-10-22-12-11-21-3/h4-5,7-8H,6,9-13H2,1-3H3,(H,19,20). The molecule has 5 heteroatoms. The second-order valence-corrected chi connectivity index (χ2v) is 5.85. The zero-order valence-corrected chi connectivity index (χ0v) is 13.7. The summed E-state index contributed by atoms with van der Waals surface area (Å²) in [5.74, 6) is -0.284. The molecule has 1 N–H and O–H groups in total. The van der Waals surface area contributed by atoms with Crippen LogP contribution in [0.2, 0.25) is 0 Å². The number of hydrogen-bond acceptors (Lipinski definition) is 3. The molecule has 0 aliphatic heterocycles. The Morgan fingerprint density at radius 1 is 1.23 bits per heavy atom. The van der Waals surface area contributed by atoms with Crippen LogP contribution in [0.25, 0.3) is 0 Å². The molecule has 0 aromatic heterocycles. The molecule has 1 aromatic rings. The summed E-state index contributed by atoms with van der Waals surface area (Å²) >= 11 is 0. The second kappa shape index (κ2) is 9.54. The second-order valence-electron chi connectivity index (χ2n) is 5.85. The molecule has 0 heterocycles.